The van der Waals surface area contributed by atoms with Crippen LogP contribution < -0.4 is 5.32 Å². The minimum atomic E-state index is -3.48. The highest BCUT2D eigenvalue weighted by Gasteiger charge is 2.21. The Morgan fingerprint density at radius 3 is 2.23 bits per heavy atom. The monoisotopic (exact) mass is 438 g/mol. The molecule has 0 saturated carbocycles. The van der Waals surface area contributed by atoms with Gasteiger partial charge in [0.15, 0.2) is 0 Å². The largest absolute Gasteiger partial charge is 0.350 e. The topological polar surface area (TPSA) is 66.5 Å². The minimum absolute atomic E-state index is 0.0273. The van der Waals surface area contributed by atoms with Gasteiger partial charge in [0.05, 0.1) is 10.9 Å². The fourth-order valence-electron chi connectivity index (χ4n) is 3.69. The van der Waals surface area contributed by atoms with E-state index in [0.717, 1.165) is 11.1 Å². The first kappa shape index (κ1) is 23.0. The lowest BCUT2D eigenvalue weighted by atomic mass is 10.0. The van der Waals surface area contributed by atoms with Gasteiger partial charge in [-0.2, -0.15) is 4.31 Å². The summed E-state index contributed by atoms with van der Waals surface area (Å²) in [5.41, 5.74) is 2.00. The molecule has 0 bridgehead atoms. The number of aryl methyl sites for hydroxylation is 1. The Morgan fingerprint density at radius 1 is 0.935 bits per heavy atom. The Labute approximate surface area is 185 Å². The average molecular weight is 439 g/mol. The molecule has 1 N–H and O–H groups in total. The molecule has 0 saturated heterocycles. The maximum absolute atomic E-state index is 12.6. The molecule has 1 atom stereocenters. The predicted molar refractivity (Wildman–Crippen MR) is 125 cm³/mol. The number of carbonyl (C=O) groups is 1. The van der Waals surface area contributed by atoms with Crippen LogP contribution >= 0.6 is 0 Å². The van der Waals surface area contributed by atoms with Gasteiger partial charge < -0.3 is 5.32 Å². The third-order valence-corrected chi connectivity index (χ3v) is 7.62. The summed E-state index contributed by atoms with van der Waals surface area (Å²) in [4.78, 5) is 12.7. The molecule has 0 fully saturated rings. The van der Waals surface area contributed by atoms with Gasteiger partial charge in [-0.15, -0.1) is 0 Å². The molecular formula is C25H30N2O3S. The van der Waals surface area contributed by atoms with E-state index in [2.05, 4.69) is 35.6 Å². The first-order valence-electron chi connectivity index (χ1n) is 10.7. The minimum Gasteiger partial charge on any atom is -0.350 e. The predicted octanol–water partition coefficient (Wildman–Crippen LogP) is 4.68. The molecule has 0 radical (unpaired) electrons. The van der Waals surface area contributed by atoms with Crippen molar-refractivity contribution in [3.8, 4) is 0 Å². The van der Waals surface area contributed by atoms with Crippen molar-refractivity contribution in [2.75, 3.05) is 13.1 Å². The van der Waals surface area contributed by atoms with Crippen LogP contribution in [0.1, 0.15) is 44.4 Å². The van der Waals surface area contributed by atoms with Crippen molar-refractivity contribution < 1.29 is 13.2 Å². The summed E-state index contributed by atoms with van der Waals surface area (Å²) in [6.45, 7) is 6.42. The summed E-state index contributed by atoms with van der Waals surface area (Å²) in [5.74, 6) is -0.0273. The molecule has 0 aromatic heterocycles. The molecule has 1 amide bonds. The smallest absolute Gasteiger partial charge is 0.243 e. The lowest BCUT2D eigenvalue weighted by molar-refractivity contribution is -0.121. The number of benzene rings is 3. The quantitative estimate of drug-likeness (QED) is 0.527. The third kappa shape index (κ3) is 5.51. The molecule has 31 heavy (non-hydrogen) atoms. The summed E-state index contributed by atoms with van der Waals surface area (Å²) in [5, 5.41) is 5.37. The van der Waals surface area contributed by atoms with Crippen LogP contribution in [0.15, 0.2) is 71.6 Å². The molecule has 3 rings (SSSR count). The summed E-state index contributed by atoms with van der Waals surface area (Å²) < 4.78 is 26.7. The van der Waals surface area contributed by atoms with Crippen molar-refractivity contribution in [2.24, 2.45) is 0 Å². The van der Waals surface area contributed by atoms with E-state index in [0.29, 0.717) is 25.9 Å². The van der Waals surface area contributed by atoms with Crippen LogP contribution in [0.5, 0.6) is 0 Å². The average Bonchev–Trinajstić information content (AvgIpc) is 2.78. The normalized spacial score (nSPS) is 12.8. The van der Waals surface area contributed by atoms with Crippen LogP contribution in [0.4, 0.5) is 0 Å². The van der Waals surface area contributed by atoms with Crippen molar-refractivity contribution in [3.63, 3.8) is 0 Å². The van der Waals surface area contributed by atoms with Gasteiger partial charge >= 0.3 is 0 Å². The van der Waals surface area contributed by atoms with E-state index in [1.165, 1.54) is 15.1 Å². The maximum atomic E-state index is 12.6. The van der Waals surface area contributed by atoms with Crippen molar-refractivity contribution >= 4 is 26.7 Å². The van der Waals surface area contributed by atoms with Crippen LogP contribution in [0.2, 0.25) is 0 Å². The SMILES string of the molecule is CCN(CC)S(=O)(=O)c1ccc(C(C)NC(=O)CCc2ccc3ccccc3c2)cc1. The Balaban J connectivity index is 1.58. The van der Waals surface area contributed by atoms with Crippen molar-refractivity contribution in [1.29, 1.82) is 0 Å². The lowest BCUT2D eigenvalue weighted by Gasteiger charge is -2.19. The van der Waals surface area contributed by atoms with Gasteiger partial charge in [-0.05, 0) is 47.4 Å². The molecular weight excluding hydrogens is 408 g/mol. The molecule has 0 aliphatic heterocycles. The maximum Gasteiger partial charge on any atom is 0.243 e. The standard InChI is InChI=1S/C25H30N2O3S/c1-4-27(5-2)31(29,30)24-15-13-21(14-16-24)19(3)26-25(28)17-11-20-10-12-22-8-6-7-9-23(22)18-20/h6-10,12-16,18-19H,4-5,11,17H2,1-3H3,(H,26,28). The third-order valence-electron chi connectivity index (χ3n) is 5.56. The number of nitrogens with zero attached hydrogens (tertiary/aromatic N) is 1. The number of hydrogen-bond acceptors (Lipinski definition) is 3. The number of hydrogen-bond donors (Lipinski definition) is 1. The second-order valence-corrected chi connectivity index (χ2v) is 9.57. The fourth-order valence-corrected chi connectivity index (χ4v) is 5.15. The highest BCUT2D eigenvalue weighted by Crippen LogP contribution is 2.20. The highest BCUT2D eigenvalue weighted by atomic mass is 32.2. The summed E-state index contributed by atoms with van der Waals surface area (Å²) in [7, 11) is -3.48. The van der Waals surface area contributed by atoms with E-state index in [-0.39, 0.29) is 16.8 Å². The van der Waals surface area contributed by atoms with Crippen LogP contribution in [0.3, 0.4) is 0 Å². The number of amides is 1. The van der Waals surface area contributed by atoms with Gasteiger partial charge in [0, 0.05) is 19.5 Å². The fraction of sp³-hybridized carbons (Fsp3) is 0.320. The number of sulfonamides is 1. The van der Waals surface area contributed by atoms with Gasteiger partial charge in [0.2, 0.25) is 15.9 Å². The van der Waals surface area contributed by atoms with Gasteiger partial charge in [-0.3, -0.25) is 4.79 Å². The van der Waals surface area contributed by atoms with Crippen LogP contribution in [0, 0.1) is 0 Å². The molecule has 3 aromatic rings. The van der Waals surface area contributed by atoms with E-state index in [4.69, 9.17) is 0 Å². The molecule has 0 spiro atoms. The Kier molecular flexibility index (Phi) is 7.46. The van der Waals surface area contributed by atoms with Crippen LogP contribution in [-0.4, -0.2) is 31.7 Å². The van der Waals surface area contributed by atoms with E-state index in [1.807, 2.05) is 32.9 Å². The Hall–Kier alpha value is -2.70. The molecule has 6 heteroatoms. The Bertz CT molecular complexity index is 1140. The van der Waals surface area contributed by atoms with Crippen molar-refractivity contribution in [2.45, 2.75) is 44.6 Å². The molecule has 1 unspecified atom stereocenters. The van der Waals surface area contributed by atoms with E-state index in [1.54, 1.807) is 24.3 Å². The number of fused-ring (bicyclic) bond motifs is 1. The molecule has 0 heterocycles. The summed E-state index contributed by atoms with van der Waals surface area (Å²) >= 11 is 0. The summed E-state index contributed by atoms with van der Waals surface area (Å²) in [6, 6.07) is 21.0. The summed E-state index contributed by atoms with van der Waals surface area (Å²) in [6.07, 6.45) is 1.07. The number of carbonyl (C=O) groups excluding carboxylic acids is 1. The van der Waals surface area contributed by atoms with E-state index >= 15 is 0 Å². The lowest BCUT2D eigenvalue weighted by Crippen LogP contribution is -2.30. The van der Waals surface area contributed by atoms with Gasteiger partial charge in [-0.25, -0.2) is 8.42 Å². The Morgan fingerprint density at radius 2 is 1.58 bits per heavy atom. The second-order valence-electron chi connectivity index (χ2n) is 7.63. The number of nitrogens with one attached hydrogen (secondary N) is 1. The first-order chi connectivity index (χ1) is 14.8. The van der Waals surface area contributed by atoms with Crippen molar-refractivity contribution in [3.05, 3.63) is 77.9 Å². The van der Waals surface area contributed by atoms with E-state index in [9.17, 15) is 13.2 Å². The zero-order chi connectivity index (χ0) is 22.4. The molecule has 3 aromatic carbocycles. The van der Waals surface area contributed by atoms with Crippen molar-refractivity contribution in [1.82, 2.24) is 9.62 Å². The zero-order valence-corrected chi connectivity index (χ0v) is 19.2. The first-order valence-corrected chi connectivity index (χ1v) is 12.2. The van der Waals surface area contributed by atoms with Gasteiger partial charge in [-0.1, -0.05) is 68.4 Å². The van der Waals surface area contributed by atoms with Crippen LogP contribution in [-0.2, 0) is 21.2 Å². The molecule has 5 nitrogen and oxygen atoms in total. The molecule has 164 valence electrons. The highest BCUT2D eigenvalue weighted by molar-refractivity contribution is 7.89. The molecule has 0 aliphatic carbocycles. The van der Waals surface area contributed by atoms with Crippen LogP contribution in [0.25, 0.3) is 10.8 Å². The van der Waals surface area contributed by atoms with Gasteiger partial charge in [0.1, 0.15) is 0 Å². The van der Waals surface area contributed by atoms with E-state index < -0.39 is 10.0 Å². The zero-order valence-electron chi connectivity index (χ0n) is 18.3. The number of rotatable bonds is 9. The van der Waals surface area contributed by atoms with Gasteiger partial charge in [0.25, 0.3) is 0 Å². The second kappa shape index (κ2) is 10.1. The molecule has 0 aliphatic rings.